The van der Waals surface area contributed by atoms with Gasteiger partial charge in [-0.2, -0.15) is 5.11 Å². The number of azo groups is 1. The van der Waals surface area contributed by atoms with E-state index in [4.69, 9.17) is 0 Å². The van der Waals surface area contributed by atoms with Gasteiger partial charge in [0.05, 0.1) is 5.69 Å². The van der Waals surface area contributed by atoms with Gasteiger partial charge in [-0.3, -0.25) is 4.98 Å². The Morgan fingerprint density at radius 3 is 3.09 bits per heavy atom. The third-order valence-electron chi connectivity index (χ3n) is 1.23. The van der Waals surface area contributed by atoms with Crippen LogP contribution in [-0.4, -0.2) is 4.98 Å². The first kappa shape index (κ1) is 7.60. The van der Waals surface area contributed by atoms with E-state index < -0.39 is 0 Å². The van der Waals surface area contributed by atoms with Crippen molar-refractivity contribution in [1.82, 2.24) is 4.98 Å². The van der Waals surface area contributed by atoms with E-state index in [-0.39, 0.29) is 0 Å². The fraction of sp³-hybridized carbons (Fsp3) is 0.125. The number of pyridine rings is 1. The molecule has 0 aliphatic carbocycles. The van der Waals surface area contributed by atoms with Crippen LogP contribution in [0.3, 0.4) is 0 Å². The molecule has 0 saturated heterocycles. The lowest BCUT2D eigenvalue weighted by molar-refractivity contribution is 1.13. The van der Waals surface area contributed by atoms with Gasteiger partial charge in [0.15, 0.2) is 0 Å². The van der Waals surface area contributed by atoms with E-state index in [0.29, 0.717) is 0 Å². The molecule has 0 fully saturated rings. The lowest BCUT2D eigenvalue weighted by atomic mass is 10.3. The highest BCUT2D eigenvalue weighted by Gasteiger charge is 1.92. The summed E-state index contributed by atoms with van der Waals surface area (Å²) in [5.74, 6) is 0. The second-order valence-electron chi connectivity index (χ2n) is 2.01. The van der Waals surface area contributed by atoms with Gasteiger partial charge in [-0.05, 0) is 19.1 Å². The van der Waals surface area contributed by atoms with Crippen LogP contribution in [-0.2, 0) is 0 Å². The first-order valence-corrected chi connectivity index (χ1v) is 3.28. The molecule has 0 aliphatic heterocycles. The molecule has 3 heteroatoms. The largest absolute Gasteiger partial charge is 0.259 e. The molecule has 0 unspecified atom stereocenters. The van der Waals surface area contributed by atoms with Crippen LogP contribution in [0.5, 0.6) is 0 Å². The zero-order chi connectivity index (χ0) is 8.10. The van der Waals surface area contributed by atoms with Gasteiger partial charge in [0.1, 0.15) is 5.69 Å². The molecule has 0 aliphatic rings. The second-order valence-corrected chi connectivity index (χ2v) is 2.01. The third kappa shape index (κ3) is 1.97. The average molecular weight is 147 g/mol. The van der Waals surface area contributed by atoms with Crippen LogP contribution < -0.4 is 0 Å². The third-order valence-corrected chi connectivity index (χ3v) is 1.23. The standard InChI is InChI=1S/C8H9N3/c1-3-10-11-8-5-4-6-9-7(8)2/h3-6H,1H2,2H3. The van der Waals surface area contributed by atoms with Gasteiger partial charge < -0.3 is 0 Å². The molecule has 56 valence electrons. The maximum atomic E-state index is 4.04. The fourth-order valence-corrected chi connectivity index (χ4v) is 0.684. The summed E-state index contributed by atoms with van der Waals surface area (Å²) < 4.78 is 0. The van der Waals surface area contributed by atoms with Crippen molar-refractivity contribution >= 4 is 5.69 Å². The molecule has 0 bridgehead atoms. The first-order valence-electron chi connectivity index (χ1n) is 3.28. The number of hydrogen-bond donors (Lipinski definition) is 0. The molecule has 0 saturated carbocycles. The smallest absolute Gasteiger partial charge is 0.107 e. The van der Waals surface area contributed by atoms with Gasteiger partial charge >= 0.3 is 0 Å². The molecule has 0 atom stereocenters. The van der Waals surface area contributed by atoms with E-state index in [1.807, 2.05) is 19.1 Å². The highest BCUT2D eigenvalue weighted by Crippen LogP contribution is 2.14. The Labute approximate surface area is 65.5 Å². The number of rotatable bonds is 2. The molecule has 3 nitrogen and oxygen atoms in total. The summed E-state index contributed by atoms with van der Waals surface area (Å²) in [4.78, 5) is 4.04. The first-order chi connectivity index (χ1) is 5.34. The molecular weight excluding hydrogens is 138 g/mol. The lowest BCUT2D eigenvalue weighted by Gasteiger charge is -1.93. The number of aromatic nitrogens is 1. The molecule has 1 aromatic heterocycles. The maximum absolute atomic E-state index is 4.04. The van der Waals surface area contributed by atoms with Crippen LogP contribution in [0.25, 0.3) is 0 Å². The average Bonchev–Trinajstić information content (AvgIpc) is 2.03. The number of nitrogens with zero attached hydrogens (tertiary/aromatic N) is 3. The highest BCUT2D eigenvalue weighted by molar-refractivity contribution is 5.39. The van der Waals surface area contributed by atoms with Gasteiger partial charge in [0.2, 0.25) is 0 Å². The van der Waals surface area contributed by atoms with Crippen molar-refractivity contribution in [1.29, 1.82) is 0 Å². The molecule has 1 aromatic rings. The van der Waals surface area contributed by atoms with Crippen molar-refractivity contribution in [3.63, 3.8) is 0 Å². The Kier molecular flexibility index (Phi) is 2.49. The molecule has 1 rings (SSSR count). The Hall–Kier alpha value is -1.51. The van der Waals surface area contributed by atoms with Gasteiger partial charge in [-0.25, -0.2) is 0 Å². The van der Waals surface area contributed by atoms with Gasteiger partial charge in [-0.15, -0.1) is 5.11 Å². The molecule has 0 spiro atoms. The van der Waals surface area contributed by atoms with Crippen LogP contribution in [0.15, 0.2) is 41.3 Å². The Morgan fingerprint density at radius 1 is 1.64 bits per heavy atom. The SMILES string of the molecule is C=CN=Nc1cccnc1C. The topological polar surface area (TPSA) is 37.6 Å². The molecule has 0 amide bonds. The fourth-order valence-electron chi connectivity index (χ4n) is 0.684. The van der Waals surface area contributed by atoms with Crippen LogP contribution in [0.4, 0.5) is 5.69 Å². The van der Waals surface area contributed by atoms with Crippen LogP contribution in [0.1, 0.15) is 5.69 Å². The predicted octanol–water partition coefficient (Wildman–Crippen LogP) is 2.62. The zero-order valence-electron chi connectivity index (χ0n) is 6.36. The normalized spacial score (nSPS) is 10.3. The van der Waals surface area contributed by atoms with E-state index in [1.165, 1.54) is 6.20 Å². The van der Waals surface area contributed by atoms with E-state index in [2.05, 4.69) is 21.8 Å². The molecule has 0 N–H and O–H groups in total. The predicted molar refractivity (Wildman–Crippen MR) is 43.7 cm³/mol. The van der Waals surface area contributed by atoms with E-state index in [1.54, 1.807) is 6.20 Å². The van der Waals surface area contributed by atoms with E-state index >= 15 is 0 Å². The van der Waals surface area contributed by atoms with Crippen molar-refractivity contribution < 1.29 is 0 Å². The minimum Gasteiger partial charge on any atom is -0.259 e. The van der Waals surface area contributed by atoms with Crippen molar-refractivity contribution in [2.75, 3.05) is 0 Å². The lowest BCUT2D eigenvalue weighted by Crippen LogP contribution is -1.77. The summed E-state index contributed by atoms with van der Waals surface area (Å²) in [5.41, 5.74) is 1.66. The molecule has 0 radical (unpaired) electrons. The Balaban J connectivity index is 2.94. The van der Waals surface area contributed by atoms with Crippen LogP contribution >= 0.6 is 0 Å². The quantitative estimate of drug-likeness (QED) is 0.592. The summed E-state index contributed by atoms with van der Waals surface area (Å²) in [6, 6.07) is 3.68. The highest BCUT2D eigenvalue weighted by atomic mass is 15.1. The zero-order valence-corrected chi connectivity index (χ0v) is 6.36. The summed E-state index contributed by atoms with van der Waals surface area (Å²) in [5, 5.41) is 7.52. The van der Waals surface area contributed by atoms with Crippen molar-refractivity contribution in [3.05, 3.63) is 36.8 Å². The van der Waals surface area contributed by atoms with Gasteiger partial charge in [0, 0.05) is 12.4 Å². The second kappa shape index (κ2) is 3.61. The van der Waals surface area contributed by atoms with Crippen LogP contribution in [0, 0.1) is 6.92 Å². The van der Waals surface area contributed by atoms with Crippen molar-refractivity contribution in [2.45, 2.75) is 6.92 Å². The minimum absolute atomic E-state index is 0.785. The minimum atomic E-state index is 0.785. The van der Waals surface area contributed by atoms with Crippen molar-refractivity contribution in [2.24, 2.45) is 10.2 Å². The van der Waals surface area contributed by atoms with Gasteiger partial charge in [0.25, 0.3) is 0 Å². The monoisotopic (exact) mass is 147 g/mol. The van der Waals surface area contributed by atoms with Crippen LogP contribution in [0.2, 0.25) is 0 Å². The molecule has 11 heavy (non-hydrogen) atoms. The summed E-state index contributed by atoms with van der Waals surface area (Å²) in [6.07, 6.45) is 3.12. The van der Waals surface area contributed by atoms with E-state index in [9.17, 15) is 0 Å². The molecular formula is C8H9N3. The summed E-state index contributed by atoms with van der Waals surface area (Å²) >= 11 is 0. The Bertz CT molecular complexity index is 278. The summed E-state index contributed by atoms with van der Waals surface area (Å²) in [7, 11) is 0. The molecule has 0 aromatic carbocycles. The molecule has 1 heterocycles. The van der Waals surface area contributed by atoms with E-state index in [0.717, 1.165) is 11.4 Å². The maximum Gasteiger partial charge on any atom is 0.107 e. The van der Waals surface area contributed by atoms with Crippen molar-refractivity contribution in [3.8, 4) is 0 Å². The Morgan fingerprint density at radius 2 is 2.45 bits per heavy atom. The van der Waals surface area contributed by atoms with Gasteiger partial charge in [-0.1, -0.05) is 6.58 Å². The number of aryl methyl sites for hydroxylation is 1. The number of hydrogen-bond acceptors (Lipinski definition) is 3. The summed E-state index contributed by atoms with van der Waals surface area (Å²) in [6.45, 7) is 5.31.